The highest BCUT2D eigenvalue weighted by molar-refractivity contribution is 5.67. The van der Waals surface area contributed by atoms with Gasteiger partial charge in [0.15, 0.2) is 0 Å². The van der Waals surface area contributed by atoms with E-state index in [0.29, 0.717) is 6.54 Å². The lowest BCUT2D eigenvalue weighted by Gasteiger charge is -2.33. The molecule has 0 saturated carbocycles. The minimum absolute atomic E-state index is 0.186. The summed E-state index contributed by atoms with van der Waals surface area (Å²) in [4.78, 5) is 12.9. The van der Waals surface area contributed by atoms with Crippen LogP contribution in [-0.2, 0) is 4.74 Å². The SMILES string of the molecule is COC(=O)N1CCCCC1CN. The van der Waals surface area contributed by atoms with E-state index < -0.39 is 0 Å². The highest BCUT2D eigenvalue weighted by Crippen LogP contribution is 2.16. The van der Waals surface area contributed by atoms with Crippen LogP contribution in [-0.4, -0.2) is 37.2 Å². The van der Waals surface area contributed by atoms with E-state index in [1.165, 1.54) is 7.11 Å². The Hall–Kier alpha value is -0.770. The molecular weight excluding hydrogens is 156 g/mol. The van der Waals surface area contributed by atoms with Gasteiger partial charge in [-0.05, 0) is 19.3 Å². The fourth-order valence-electron chi connectivity index (χ4n) is 1.60. The van der Waals surface area contributed by atoms with Gasteiger partial charge in [-0.3, -0.25) is 0 Å². The lowest BCUT2D eigenvalue weighted by atomic mass is 10.0. The summed E-state index contributed by atoms with van der Waals surface area (Å²) in [5.74, 6) is 0. The quantitative estimate of drug-likeness (QED) is 0.629. The Labute approximate surface area is 72.7 Å². The second-order valence-electron chi connectivity index (χ2n) is 3.05. The van der Waals surface area contributed by atoms with Crippen LogP contribution in [0.4, 0.5) is 4.79 Å². The van der Waals surface area contributed by atoms with Gasteiger partial charge in [0.25, 0.3) is 0 Å². The summed E-state index contributed by atoms with van der Waals surface area (Å²) >= 11 is 0. The zero-order chi connectivity index (χ0) is 8.97. The Kier molecular flexibility index (Phi) is 3.34. The zero-order valence-electron chi connectivity index (χ0n) is 7.45. The minimum atomic E-state index is -0.245. The summed E-state index contributed by atoms with van der Waals surface area (Å²) in [5, 5.41) is 0. The van der Waals surface area contributed by atoms with Crippen LogP contribution in [0.5, 0.6) is 0 Å². The van der Waals surface area contributed by atoms with E-state index in [1.54, 1.807) is 4.90 Å². The van der Waals surface area contributed by atoms with Crippen molar-refractivity contribution in [1.82, 2.24) is 4.90 Å². The maximum absolute atomic E-state index is 11.2. The molecule has 0 aromatic heterocycles. The number of carbonyl (C=O) groups is 1. The Morgan fingerprint density at radius 2 is 2.42 bits per heavy atom. The number of amides is 1. The van der Waals surface area contributed by atoms with Gasteiger partial charge in [0, 0.05) is 19.1 Å². The molecule has 1 unspecified atom stereocenters. The lowest BCUT2D eigenvalue weighted by Crippen LogP contribution is -2.47. The topological polar surface area (TPSA) is 55.6 Å². The van der Waals surface area contributed by atoms with Crippen LogP contribution in [0.1, 0.15) is 19.3 Å². The van der Waals surface area contributed by atoms with Crippen molar-refractivity contribution in [2.45, 2.75) is 25.3 Å². The van der Waals surface area contributed by atoms with E-state index in [0.717, 1.165) is 25.8 Å². The monoisotopic (exact) mass is 172 g/mol. The number of methoxy groups -OCH3 is 1. The molecule has 4 heteroatoms. The molecular formula is C8H16N2O2. The van der Waals surface area contributed by atoms with E-state index >= 15 is 0 Å². The highest BCUT2D eigenvalue weighted by atomic mass is 16.5. The van der Waals surface area contributed by atoms with Crippen molar-refractivity contribution in [3.63, 3.8) is 0 Å². The number of hydrogen-bond acceptors (Lipinski definition) is 3. The van der Waals surface area contributed by atoms with Gasteiger partial charge in [-0.2, -0.15) is 0 Å². The maximum Gasteiger partial charge on any atom is 0.409 e. The molecule has 1 aliphatic heterocycles. The van der Waals surface area contributed by atoms with Gasteiger partial charge >= 0.3 is 6.09 Å². The summed E-state index contributed by atoms with van der Waals surface area (Å²) in [6.45, 7) is 1.32. The first kappa shape index (κ1) is 9.32. The molecule has 2 N–H and O–H groups in total. The lowest BCUT2D eigenvalue weighted by molar-refractivity contribution is 0.0917. The van der Waals surface area contributed by atoms with Gasteiger partial charge in [-0.25, -0.2) is 4.79 Å². The minimum Gasteiger partial charge on any atom is -0.453 e. The van der Waals surface area contributed by atoms with E-state index in [9.17, 15) is 4.79 Å². The Morgan fingerprint density at radius 1 is 1.67 bits per heavy atom. The van der Waals surface area contributed by atoms with Crippen molar-refractivity contribution in [2.24, 2.45) is 5.73 Å². The molecule has 0 aromatic rings. The summed E-state index contributed by atoms with van der Waals surface area (Å²) in [5.41, 5.74) is 5.54. The van der Waals surface area contributed by atoms with Crippen LogP contribution in [0.25, 0.3) is 0 Å². The van der Waals surface area contributed by atoms with Crippen molar-refractivity contribution in [1.29, 1.82) is 0 Å². The predicted molar refractivity (Wildman–Crippen MR) is 45.8 cm³/mol. The molecule has 1 saturated heterocycles. The maximum atomic E-state index is 11.2. The van der Waals surface area contributed by atoms with Crippen molar-refractivity contribution in [3.05, 3.63) is 0 Å². The fraction of sp³-hybridized carbons (Fsp3) is 0.875. The molecule has 1 atom stereocenters. The molecule has 0 radical (unpaired) electrons. The molecule has 4 nitrogen and oxygen atoms in total. The molecule has 0 spiro atoms. The van der Waals surface area contributed by atoms with E-state index in [1.807, 2.05) is 0 Å². The highest BCUT2D eigenvalue weighted by Gasteiger charge is 2.25. The second kappa shape index (κ2) is 4.30. The Bertz CT molecular complexity index is 161. The molecule has 12 heavy (non-hydrogen) atoms. The van der Waals surface area contributed by atoms with Gasteiger partial charge < -0.3 is 15.4 Å². The van der Waals surface area contributed by atoms with Crippen LogP contribution < -0.4 is 5.73 Å². The third kappa shape index (κ3) is 1.88. The third-order valence-electron chi connectivity index (χ3n) is 2.31. The molecule has 0 aliphatic carbocycles. The standard InChI is InChI=1S/C8H16N2O2/c1-12-8(11)10-5-3-2-4-7(10)6-9/h7H,2-6,9H2,1H3. The van der Waals surface area contributed by atoms with Gasteiger partial charge in [0.1, 0.15) is 0 Å². The van der Waals surface area contributed by atoms with Crippen molar-refractivity contribution in [3.8, 4) is 0 Å². The first-order valence-electron chi connectivity index (χ1n) is 4.34. The number of rotatable bonds is 1. The van der Waals surface area contributed by atoms with Crippen LogP contribution >= 0.6 is 0 Å². The number of piperidine rings is 1. The number of nitrogens with zero attached hydrogens (tertiary/aromatic N) is 1. The molecule has 1 rings (SSSR count). The smallest absolute Gasteiger partial charge is 0.409 e. The average Bonchev–Trinajstić information content (AvgIpc) is 2.16. The third-order valence-corrected chi connectivity index (χ3v) is 2.31. The van der Waals surface area contributed by atoms with Gasteiger partial charge in [-0.15, -0.1) is 0 Å². The van der Waals surface area contributed by atoms with Crippen LogP contribution in [0.15, 0.2) is 0 Å². The molecule has 0 aromatic carbocycles. The Morgan fingerprint density at radius 3 is 3.00 bits per heavy atom. The number of likely N-dealkylation sites (tertiary alicyclic amines) is 1. The molecule has 1 aliphatic rings. The molecule has 70 valence electrons. The number of carbonyl (C=O) groups excluding carboxylic acids is 1. The van der Waals surface area contributed by atoms with Crippen molar-refractivity contribution < 1.29 is 9.53 Å². The Balaban J connectivity index is 2.52. The first-order chi connectivity index (χ1) is 5.79. The largest absolute Gasteiger partial charge is 0.453 e. The molecule has 1 amide bonds. The number of ether oxygens (including phenoxy) is 1. The van der Waals surface area contributed by atoms with Gasteiger partial charge in [-0.1, -0.05) is 0 Å². The second-order valence-corrected chi connectivity index (χ2v) is 3.05. The summed E-state index contributed by atoms with van der Waals surface area (Å²) in [6.07, 6.45) is 2.98. The van der Waals surface area contributed by atoms with Crippen LogP contribution in [0.2, 0.25) is 0 Å². The number of nitrogens with two attached hydrogens (primary N) is 1. The summed E-state index contributed by atoms with van der Waals surface area (Å²) < 4.78 is 4.65. The van der Waals surface area contributed by atoms with E-state index in [2.05, 4.69) is 4.74 Å². The average molecular weight is 172 g/mol. The van der Waals surface area contributed by atoms with Crippen molar-refractivity contribution >= 4 is 6.09 Å². The molecule has 1 heterocycles. The summed E-state index contributed by atoms with van der Waals surface area (Å²) in [7, 11) is 1.41. The predicted octanol–water partition coefficient (Wildman–Crippen LogP) is 0.566. The van der Waals surface area contributed by atoms with Gasteiger partial charge in [0.05, 0.1) is 7.11 Å². The van der Waals surface area contributed by atoms with Crippen molar-refractivity contribution in [2.75, 3.05) is 20.2 Å². The van der Waals surface area contributed by atoms with Gasteiger partial charge in [0.2, 0.25) is 0 Å². The summed E-state index contributed by atoms with van der Waals surface area (Å²) in [6, 6.07) is 0.186. The first-order valence-corrected chi connectivity index (χ1v) is 4.34. The van der Waals surface area contributed by atoms with E-state index in [4.69, 9.17) is 5.73 Å². The van der Waals surface area contributed by atoms with Crippen LogP contribution in [0.3, 0.4) is 0 Å². The number of hydrogen-bond donors (Lipinski definition) is 1. The normalized spacial score (nSPS) is 23.8. The van der Waals surface area contributed by atoms with E-state index in [-0.39, 0.29) is 12.1 Å². The fourth-order valence-corrected chi connectivity index (χ4v) is 1.60. The molecule has 1 fully saturated rings. The van der Waals surface area contributed by atoms with Crippen LogP contribution in [0, 0.1) is 0 Å². The zero-order valence-corrected chi connectivity index (χ0v) is 7.45. The molecule has 0 bridgehead atoms.